The van der Waals surface area contributed by atoms with Crippen LogP contribution >= 0.6 is 23.2 Å². The number of carbonyl (C=O) groups is 2. The maximum absolute atomic E-state index is 13.5. The van der Waals surface area contributed by atoms with Gasteiger partial charge in [-0.1, -0.05) is 53.5 Å². The zero-order valence-electron chi connectivity index (χ0n) is 20.9. The van der Waals surface area contributed by atoms with E-state index in [1.807, 2.05) is 30.3 Å². The number of hydrogen-bond acceptors (Lipinski definition) is 5. The Morgan fingerprint density at radius 3 is 2.26 bits per heavy atom. The van der Waals surface area contributed by atoms with Gasteiger partial charge in [-0.2, -0.15) is 0 Å². The van der Waals surface area contributed by atoms with E-state index >= 15 is 0 Å². The van der Waals surface area contributed by atoms with Crippen LogP contribution in [-0.2, 0) is 6.54 Å². The van der Waals surface area contributed by atoms with Crippen molar-refractivity contribution in [2.45, 2.75) is 18.7 Å². The first kappa shape index (κ1) is 26.7. The minimum atomic E-state index is -0.642. The molecule has 3 aromatic carbocycles. The van der Waals surface area contributed by atoms with Crippen molar-refractivity contribution in [2.75, 3.05) is 44.6 Å². The number of amides is 2. The first-order valence-electron chi connectivity index (χ1n) is 12.7. The van der Waals surface area contributed by atoms with Gasteiger partial charge in [0.2, 0.25) is 0 Å². The van der Waals surface area contributed by atoms with E-state index in [1.54, 1.807) is 47.4 Å². The lowest BCUT2D eigenvalue weighted by molar-refractivity contribution is 0.0423. The number of nitrogens with one attached hydrogen (secondary N) is 1. The van der Waals surface area contributed by atoms with E-state index in [1.165, 1.54) is 5.56 Å². The fourth-order valence-electron chi connectivity index (χ4n) is 5.16. The van der Waals surface area contributed by atoms with Crippen molar-refractivity contribution in [3.63, 3.8) is 0 Å². The number of benzene rings is 3. The number of rotatable bonds is 6. The summed E-state index contributed by atoms with van der Waals surface area (Å²) >= 11 is 12.2. The monoisotopic (exact) mass is 552 g/mol. The van der Waals surface area contributed by atoms with E-state index in [9.17, 15) is 14.7 Å². The largest absolute Gasteiger partial charge is 0.390 e. The van der Waals surface area contributed by atoms with Gasteiger partial charge in [0, 0.05) is 61.4 Å². The van der Waals surface area contributed by atoms with Crippen LogP contribution in [0.1, 0.15) is 26.3 Å². The van der Waals surface area contributed by atoms with Crippen LogP contribution in [0.15, 0.2) is 72.8 Å². The van der Waals surface area contributed by atoms with Crippen LogP contribution in [0.25, 0.3) is 0 Å². The molecule has 2 saturated heterocycles. The molecule has 0 aliphatic carbocycles. The molecule has 0 radical (unpaired) electrons. The molecule has 5 rings (SSSR count). The van der Waals surface area contributed by atoms with Gasteiger partial charge in [-0.05, 0) is 48.0 Å². The summed E-state index contributed by atoms with van der Waals surface area (Å²) in [7, 11) is 0. The summed E-state index contributed by atoms with van der Waals surface area (Å²) in [6, 6.07) is 21.4. The normalized spacial score (nSPS) is 20.4. The minimum absolute atomic E-state index is 0.133. The predicted molar refractivity (Wildman–Crippen MR) is 150 cm³/mol. The number of likely N-dealkylation sites (tertiary alicyclic amines) is 1. The lowest BCUT2D eigenvalue weighted by atomic mass is 10.1. The van der Waals surface area contributed by atoms with Crippen LogP contribution in [0.5, 0.6) is 0 Å². The number of β-amino-alcohol motifs (C(OH)–C–C–N with tert-alkyl or cyclic N) is 1. The summed E-state index contributed by atoms with van der Waals surface area (Å²) in [6.07, 6.45) is -0.642. The topological polar surface area (TPSA) is 76.1 Å². The highest BCUT2D eigenvalue weighted by Gasteiger charge is 2.39. The summed E-state index contributed by atoms with van der Waals surface area (Å²) in [4.78, 5) is 32.6. The molecule has 2 N–H and O–H groups in total. The van der Waals surface area contributed by atoms with E-state index in [0.717, 1.165) is 37.7 Å². The lowest BCUT2D eigenvalue weighted by Crippen LogP contribution is -2.53. The average Bonchev–Trinajstić information content (AvgIpc) is 3.32. The molecule has 2 amide bonds. The molecule has 7 nitrogen and oxygen atoms in total. The number of nitrogens with zero attached hydrogens (tertiary/aromatic N) is 3. The molecule has 0 saturated carbocycles. The third-order valence-electron chi connectivity index (χ3n) is 7.24. The zero-order chi connectivity index (χ0) is 26.6. The van der Waals surface area contributed by atoms with E-state index in [2.05, 4.69) is 15.1 Å². The van der Waals surface area contributed by atoms with Gasteiger partial charge in [0.05, 0.1) is 23.4 Å². The standard InChI is InChI=1S/C29H30Cl2N4O3/c30-22-8-6-20(7-9-22)17-33-12-14-34(15-13-33)26-18-35(19-27(26)36)29(38)24-11-10-23(31)16-25(24)32-28(37)21-4-2-1-3-5-21/h1-11,16,26-27,36H,12-15,17-19H2,(H,32,37)/t26-,27-/m1/s1. The highest BCUT2D eigenvalue weighted by Crippen LogP contribution is 2.27. The van der Waals surface area contributed by atoms with E-state index in [-0.39, 0.29) is 24.4 Å². The number of aliphatic hydroxyl groups excluding tert-OH is 1. The van der Waals surface area contributed by atoms with Crippen molar-refractivity contribution in [1.82, 2.24) is 14.7 Å². The Kier molecular flexibility index (Phi) is 8.31. The molecule has 0 bridgehead atoms. The molecule has 0 spiro atoms. The van der Waals surface area contributed by atoms with Gasteiger partial charge in [0.1, 0.15) is 0 Å². The Morgan fingerprint density at radius 1 is 0.868 bits per heavy atom. The summed E-state index contributed by atoms with van der Waals surface area (Å²) in [5.74, 6) is -0.564. The molecular weight excluding hydrogens is 523 g/mol. The molecule has 9 heteroatoms. The van der Waals surface area contributed by atoms with E-state index in [0.29, 0.717) is 28.4 Å². The molecule has 2 aliphatic rings. The van der Waals surface area contributed by atoms with Crippen molar-refractivity contribution < 1.29 is 14.7 Å². The van der Waals surface area contributed by atoms with Gasteiger partial charge in [-0.25, -0.2) is 0 Å². The van der Waals surface area contributed by atoms with Gasteiger partial charge in [-0.15, -0.1) is 0 Å². The van der Waals surface area contributed by atoms with Gasteiger partial charge in [0.15, 0.2) is 0 Å². The highest BCUT2D eigenvalue weighted by molar-refractivity contribution is 6.31. The average molecular weight is 553 g/mol. The summed E-state index contributed by atoms with van der Waals surface area (Å²) in [5.41, 5.74) is 2.40. The fraction of sp³-hybridized carbons (Fsp3) is 0.310. The van der Waals surface area contributed by atoms with Crippen LogP contribution in [-0.4, -0.2) is 83.0 Å². The number of anilines is 1. The maximum atomic E-state index is 13.5. The minimum Gasteiger partial charge on any atom is -0.390 e. The van der Waals surface area contributed by atoms with Crippen molar-refractivity contribution >= 4 is 40.7 Å². The fourth-order valence-corrected chi connectivity index (χ4v) is 5.45. The van der Waals surface area contributed by atoms with Crippen LogP contribution in [0.2, 0.25) is 10.0 Å². The van der Waals surface area contributed by atoms with Crippen molar-refractivity contribution in [1.29, 1.82) is 0 Å². The maximum Gasteiger partial charge on any atom is 0.256 e. The number of halogens is 2. The Hall–Kier alpha value is -2.94. The number of piperazine rings is 1. The smallest absolute Gasteiger partial charge is 0.256 e. The van der Waals surface area contributed by atoms with Gasteiger partial charge < -0.3 is 15.3 Å². The van der Waals surface area contributed by atoms with Crippen LogP contribution in [0.4, 0.5) is 5.69 Å². The molecule has 0 aromatic heterocycles. The molecule has 3 aromatic rings. The summed E-state index contributed by atoms with van der Waals surface area (Å²) in [6.45, 7) is 4.92. The second-order valence-corrected chi connectivity index (χ2v) is 10.7. The molecule has 2 heterocycles. The number of hydrogen-bond donors (Lipinski definition) is 2. The van der Waals surface area contributed by atoms with Crippen molar-refractivity contribution in [3.8, 4) is 0 Å². The molecule has 38 heavy (non-hydrogen) atoms. The zero-order valence-corrected chi connectivity index (χ0v) is 22.4. The van der Waals surface area contributed by atoms with Gasteiger partial charge in [0.25, 0.3) is 11.8 Å². The molecule has 0 unspecified atom stereocenters. The molecular formula is C29H30Cl2N4O3. The van der Waals surface area contributed by atoms with Crippen LogP contribution in [0, 0.1) is 0 Å². The third-order valence-corrected chi connectivity index (χ3v) is 7.72. The summed E-state index contributed by atoms with van der Waals surface area (Å²) < 4.78 is 0. The third kappa shape index (κ3) is 6.20. The van der Waals surface area contributed by atoms with Crippen molar-refractivity contribution in [3.05, 3.63) is 99.5 Å². The Labute approximate surface area is 232 Å². The molecule has 2 aliphatic heterocycles. The quantitative estimate of drug-likeness (QED) is 0.478. The number of carbonyl (C=O) groups excluding carboxylic acids is 2. The first-order valence-corrected chi connectivity index (χ1v) is 13.5. The summed E-state index contributed by atoms with van der Waals surface area (Å²) in [5, 5.41) is 14.9. The Morgan fingerprint density at radius 2 is 1.55 bits per heavy atom. The van der Waals surface area contributed by atoms with Gasteiger partial charge >= 0.3 is 0 Å². The molecule has 198 valence electrons. The Balaban J connectivity index is 1.21. The van der Waals surface area contributed by atoms with Crippen LogP contribution < -0.4 is 5.32 Å². The van der Waals surface area contributed by atoms with E-state index < -0.39 is 6.10 Å². The molecule has 2 atom stereocenters. The first-order chi connectivity index (χ1) is 18.4. The molecule has 2 fully saturated rings. The van der Waals surface area contributed by atoms with Gasteiger partial charge in [-0.3, -0.25) is 19.4 Å². The number of aliphatic hydroxyl groups is 1. The highest BCUT2D eigenvalue weighted by atomic mass is 35.5. The second kappa shape index (κ2) is 11.8. The van der Waals surface area contributed by atoms with Crippen LogP contribution in [0.3, 0.4) is 0 Å². The van der Waals surface area contributed by atoms with Crippen molar-refractivity contribution in [2.24, 2.45) is 0 Å². The predicted octanol–water partition coefficient (Wildman–Crippen LogP) is 4.25. The van der Waals surface area contributed by atoms with E-state index in [4.69, 9.17) is 23.2 Å². The SMILES string of the molecule is O=C(Nc1cc(Cl)ccc1C(=O)N1C[C@@H](O)[C@H](N2CCN(Cc3ccc(Cl)cc3)CC2)C1)c1ccccc1. The second-order valence-electron chi connectivity index (χ2n) is 9.79. The Bertz CT molecular complexity index is 1280. The lowest BCUT2D eigenvalue weighted by Gasteiger charge is -2.38.